The molecule has 2 aromatic rings. The number of nitrogens with zero attached hydrogens (tertiary/aromatic N) is 2. The summed E-state index contributed by atoms with van der Waals surface area (Å²) < 4.78 is 42.3. The highest BCUT2D eigenvalue weighted by Gasteiger charge is 2.30. The molecule has 0 aliphatic rings. The molecule has 0 N–H and O–H groups in total. The topological polar surface area (TPSA) is 38.9 Å². The number of rotatable bonds is 3. The van der Waals surface area contributed by atoms with E-state index in [0.717, 1.165) is 12.1 Å². The van der Waals surface area contributed by atoms with Gasteiger partial charge in [-0.25, -0.2) is 0 Å². The van der Waals surface area contributed by atoms with Crippen LogP contribution in [0, 0.1) is 0 Å². The van der Waals surface area contributed by atoms with E-state index in [9.17, 15) is 13.2 Å². The van der Waals surface area contributed by atoms with E-state index in [4.69, 9.17) is 4.52 Å². The standard InChI is InChI=1S/C12H9F3N2O/c1-2-11-16-10(17-18-11)7-8-4-3-5-9(6-8)12(13,14)15/h2-6H,1,7H2. The molecule has 0 spiro atoms. The Morgan fingerprint density at radius 3 is 2.72 bits per heavy atom. The average Bonchev–Trinajstić information content (AvgIpc) is 2.76. The predicted molar refractivity (Wildman–Crippen MR) is 58.6 cm³/mol. The summed E-state index contributed by atoms with van der Waals surface area (Å²) in [6.07, 6.45) is -2.79. The van der Waals surface area contributed by atoms with Crippen LogP contribution in [0.2, 0.25) is 0 Å². The molecule has 0 atom stereocenters. The van der Waals surface area contributed by atoms with Gasteiger partial charge in [0, 0.05) is 6.42 Å². The van der Waals surface area contributed by atoms with E-state index >= 15 is 0 Å². The summed E-state index contributed by atoms with van der Waals surface area (Å²) in [6.45, 7) is 3.45. The lowest BCUT2D eigenvalue weighted by molar-refractivity contribution is -0.137. The summed E-state index contributed by atoms with van der Waals surface area (Å²) >= 11 is 0. The normalized spacial score (nSPS) is 11.5. The minimum Gasteiger partial charge on any atom is -0.335 e. The maximum Gasteiger partial charge on any atom is 0.416 e. The Morgan fingerprint density at radius 2 is 2.11 bits per heavy atom. The maximum absolute atomic E-state index is 12.5. The van der Waals surface area contributed by atoms with Gasteiger partial charge in [0.15, 0.2) is 5.82 Å². The Morgan fingerprint density at radius 1 is 1.33 bits per heavy atom. The fraction of sp³-hybridized carbons (Fsp3) is 0.167. The summed E-state index contributed by atoms with van der Waals surface area (Å²) in [5, 5.41) is 3.64. The van der Waals surface area contributed by atoms with E-state index < -0.39 is 11.7 Å². The summed E-state index contributed by atoms with van der Waals surface area (Å²) in [6, 6.07) is 5.03. The van der Waals surface area contributed by atoms with Crippen molar-refractivity contribution in [2.75, 3.05) is 0 Å². The van der Waals surface area contributed by atoms with Gasteiger partial charge in [0.1, 0.15) is 0 Å². The van der Waals surface area contributed by atoms with Gasteiger partial charge in [0.2, 0.25) is 5.89 Å². The van der Waals surface area contributed by atoms with Gasteiger partial charge < -0.3 is 4.52 Å². The van der Waals surface area contributed by atoms with Gasteiger partial charge >= 0.3 is 6.18 Å². The third-order valence-corrected chi connectivity index (χ3v) is 2.27. The molecule has 0 saturated heterocycles. The van der Waals surface area contributed by atoms with Crippen molar-refractivity contribution >= 4 is 6.08 Å². The quantitative estimate of drug-likeness (QED) is 0.843. The Kier molecular flexibility index (Phi) is 3.18. The van der Waals surface area contributed by atoms with Crippen LogP contribution < -0.4 is 0 Å². The first-order valence-corrected chi connectivity index (χ1v) is 5.10. The summed E-state index contributed by atoms with van der Waals surface area (Å²) in [5.41, 5.74) is -0.214. The minimum absolute atomic E-state index is 0.182. The van der Waals surface area contributed by atoms with Crippen molar-refractivity contribution in [2.45, 2.75) is 12.6 Å². The van der Waals surface area contributed by atoms with Gasteiger partial charge in [-0.2, -0.15) is 18.2 Å². The van der Waals surface area contributed by atoms with Gasteiger partial charge in [0.25, 0.3) is 0 Å². The molecular weight excluding hydrogens is 245 g/mol. The van der Waals surface area contributed by atoms with Crippen molar-refractivity contribution in [1.82, 2.24) is 10.1 Å². The Hall–Kier alpha value is -2.11. The summed E-state index contributed by atoms with van der Waals surface area (Å²) in [5.74, 6) is 0.571. The molecule has 1 aromatic carbocycles. The molecule has 0 fully saturated rings. The highest BCUT2D eigenvalue weighted by Crippen LogP contribution is 2.29. The number of alkyl halides is 3. The largest absolute Gasteiger partial charge is 0.416 e. The summed E-state index contributed by atoms with van der Waals surface area (Å²) in [7, 11) is 0. The van der Waals surface area contributed by atoms with Crippen LogP contribution in [0.4, 0.5) is 13.2 Å². The smallest absolute Gasteiger partial charge is 0.335 e. The van der Waals surface area contributed by atoms with Crippen LogP contribution in [-0.2, 0) is 12.6 Å². The first-order valence-electron chi connectivity index (χ1n) is 5.10. The lowest BCUT2D eigenvalue weighted by Gasteiger charge is -2.07. The number of benzene rings is 1. The predicted octanol–water partition coefficient (Wildman–Crippen LogP) is 3.32. The Labute approximate surface area is 101 Å². The van der Waals surface area contributed by atoms with Crippen LogP contribution in [0.25, 0.3) is 6.08 Å². The van der Waals surface area contributed by atoms with E-state index in [1.165, 1.54) is 12.1 Å². The molecule has 1 aromatic heterocycles. The van der Waals surface area contributed by atoms with Crippen LogP contribution in [0.3, 0.4) is 0 Å². The van der Waals surface area contributed by atoms with E-state index in [2.05, 4.69) is 16.7 Å². The van der Waals surface area contributed by atoms with Gasteiger partial charge in [-0.3, -0.25) is 0 Å². The zero-order valence-electron chi connectivity index (χ0n) is 9.24. The Balaban J connectivity index is 2.21. The molecule has 3 nitrogen and oxygen atoms in total. The van der Waals surface area contributed by atoms with Crippen molar-refractivity contribution in [3.05, 3.63) is 53.7 Å². The van der Waals surface area contributed by atoms with E-state index in [1.807, 2.05) is 0 Å². The number of hydrogen-bond acceptors (Lipinski definition) is 3. The van der Waals surface area contributed by atoms with Gasteiger partial charge in [-0.1, -0.05) is 29.9 Å². The molecule has 0 aliphatic heterocycles. The van der Waals surface area contributed by atoms with Crippen molar-refractivity contribution in [2.24, 2.45) is 0 Å². The lowest BCUT2D eigenvalue weighted by Crippen LogP contribution is -2.05. The zero-order chi connectivity index (χ0) is 13.2. The molecular formula is C12H9F3N2O. The van der Waals surface area contributed by atoms with Crippen molar-refractivity contribution < 1.29 is 17.7 Å². The second kappa shape index (κ2) is 4.64. The van der Waals surface area contributed by atoms with Crippen molar-refractivity contribution in [3.63, 3.8) is 0 Å². The van der Waals surface area contributed by atoms with Crippen LogP contribution in [0.5, 0.6) is 0 Å². The van der Waals surface area contributed by atoms with Crippen molar-refractivity contribution in [1.29, 1.82) is 0 Å². The van der Waals surface area contributed by atoms with Crippen LogP contribution in [0.1, 0.15) is 22.8 Å². The molecule has 18 heavy (non-hydrogen) atoms. The summed E-state index contributed by atoms with van der Waals surface area (Å²) in [4.78, 5) is 3.94. The van der Waals surface area contributed by atoms with Gasteiger partial charge in [0.05, 0.1) is 5.56 Å². The molecule has 0 bridgehead atoms. The second-order valence-electron chi connectivity index (χ2n) is 3.63. The number of halogens is 3. The molecule has 0 aliphatic carbocycles. The Bertz CT molecular complexity index is 560. The zero-order valence-corrected chi connectivity index (χ0v) is 9.24. The molecule has 1 heterocycles. The average molecular weight is 254 g/mol. The molecule has 94 valence electrons. The van der Waals surface area contributed by atoms with Crippen LogP contribution >= 0.6 is 0 Å². The van der Waals surface area contributed by atoms with Gasteiger partial charge in [-0.05, 0) is 17.7 Å². The van der Waals surface area contributed by atoms with E-state index in [-0.39, 0.29) is 12.3 Å². The molecule has 2 rings (SSSR count). The number of aromatic nitrogens is 2. The third-order valence-electron chi connectivity index (χ3n) is 2.27. The van der Waals surface area contributed by atoms with Gasteiger partial charge in [-0.15, -0.1) is 0 Å². The second-order valence-corrected chi connectivity index (χ2v) is 3.63. The van der Waals surface area contributed by atoms with E-state index in [1.54, 1.807) is 6.07 Å². The first kappa shape index (κ1) is 12.3. The third kappa shape index (κ3) is 2.77. The molecule has 0 amide bonds. The monoisotopic (exact) mass is 254 g/mol. The van der Waals surface area contributed by atoms with Crippen LogP contribution in [0.15, 0.2) is 35.4 Å². The SMILES string of the molecule is C=Cc1nc(Cc2cccc(C(F)(F)F)c2)no1. The fourth-order valence-corrected chi connectivity index (χ4v) is 1.46. The fourth-order valence-electron chi connectivity index (χ4n) is 1.46. The molecule has 0 radical (unpaired) electrons. The molecule has 6 heteroatoms. The van der Waals surface area contributed by atoms with Crippen molar-refractivity contribution in [3.8, 4) is 0 Å². The molecule has 0 unspecified atom stereocenters. The molecule has 0 saturated carbocycles. The highest BCUT2D eigenvalue weighted by atomic mass is 19.4. The minimum atomic E-state index is -4.35. The lowest BCUT2D eigenvalue weighted by atomic mass is 10.1. The first-order chi connectivity index (χ1) is 8.49. The van der Waals surface area contributed by atoms with E-state index in [0.29, 0.717) is 11.4 Å². The van der Waals surface area contributed by atoms with Crippen LogP contribution in [-0.4, -0.2) is 10.1 Å². The maximum atomic E-state index is 12.5. The highest BCUT2D eigenvalue weighted by molar-refractivity contribution is 5.33. The number of hydrogen-bond donors (Lipinski definition) is 0.